The predicted molar refractivity (Wildman–Crippen MR) is 88.0 cm³/mol. The van der Waals surface area contributed by atoms with Gasteiger partial charge in [-0.3, -0.25) is 9.59 Å². The van der Waals surface area contributed by atoms with Gasteiger partial charge in [-0.05, 0) is 37.1 Å². The van der Waals surface area contributed by atoms with Crippen molar-refractivity contribution in [2.75, 3.05) is 11.9 Å². The number of benzene rings is 2. The molecule has 0 heterocycles. The molecule has 22 heavy (non-hydrogen) atoms. The number of anilines is 1. The molecule has 0 aliphatic carbocycles. The van der Waals surface area contributed by atoms with E-state index in [-0.39, 0.29) is 18.2 Å². The molecule has 2 aromatic carbocycles. The molecule has 4 heteroatoms. The minimum Gasteiger partial charge on any atom is -0.376 e. The summed E-state index contributed by atoms with van der Waals surface area (Å²) in [4.78, 5) is 23.4. The highest BCUT2D eigenvalue weighted by molar-refractivity contribution is 6.00. The third-order valence-corrected chi connectivity index (χ3v) is 3.48. The molecule has 2 rings (SSSR count). The molecule has 0 aliphatic rings. The van der Waals surface area contributed by atoms with Crippen LogP contribution in [0.2, 0.25) is 0 Å². The molecule has 114 valence electrons. The maximum absolute atomic E-state index is 11.9. The van der Waals surface area contributed by atoms with Crippen LogP contribution in [0.4, 0.5) is 5.69 Å². The molecule has 0 radical (unpaired) electrons. The maximum atomic E-state index is 11.9. The molecule has 0 saturated heterocycles. The molecule has 2 aromatic rings. The van der Waals surface area contributed by atoms with Gasteiger partial charge in [-0.1, -0.05) is 36.4 Å². The summed E-state index contributed by atoms with van der Waals surface area (Å²) in [6, 6.07) is 15.1. The minimum atomic E-state index is -0.110. The van der Waals surface area contributed by atoms with Crippen molar-refractivity contribution in [3.8, 4) is 0 Å². The van der Waals surface area contributed by atoms with Crippen LogP contribution >= 0.6 is 0 Å². The quantitative estimate of drug-likeness (QED) is 0.806. The monoisotopic (exact) mass is 296 g/mol. The zero-order valence-electron chi connectivity index (χ0n) is 12.8. The summed E-state index contributed by atoms with van der Waals surface area (Å²) < 4.78 is 0. The highest BCUT2D eigenvalue weighted by atomic mass is 16.2. The molecule has 0 atom stereocenters. The zero-order chi connectivity index (χ0) is 15.9. The Balaban J connectivity index is 1.89. The van der Waals surface area contributed by atoms with E-state index in [1.807, 2.05) is 37.3 Å². The number of carbonyl (C=O) groups is 2. The average molecular weight is 296 g/mol. The number of ketones is 1. The molecule has 0 fully saturated rings. The summed E-state index contributed by atoms with van der Waals surface area (Å²) >= 11 is 0. The van der Waals surface area contributed by atoms with Gasteiger partial charge in [-0.25, -0.2) is 0 Å². The summed E-state index contributed by atoms with van der Waals surface area (Å²) in [5.41, 5.74) is 3.52. The Bertz CT molecular complexity index is 680. The number of nitrogens with one attached hydrogen (secondary N) is 2. The Morgan fingerprint density at radius 1 is 1.00 bits per heavy atom. The Labute approximate surface area is 130 Å². The van der Waals surface area contributed by atoms with Crippen LogP contribution in [0.15, 0.2) is 48.5 Å². The van der Waals surface area contributed by atoms with E-state index < -0.39 is 0 Å². The standard InChI is InChI=1S/C18H20N2O2/c1-13-7-3-4-8-15(13)11-20-18(22)12-19-17-10-6-5-9-16(17)14(2)21/h3-10,19H,11-12H2,1-2H3,(H,20,22). The Hall–Kier alpha value is -2.62. The number of amides is 1. The molecule has 0 spiro atoms. The van der Waals surface area contributed by atoms with E-state index in [1.165, 1.54) is 6.92 Å². The van der Waals surface area contributed by atoms with Gasteiger partial charge in [0.05, 0.1) is 6.54 Å². The third-order valence-electron chi connectivity index (χ3n) is 3.48. The summed E-state index contributed by atoms with van der Waals surface area (Å²) in [7, 11) is 0. The summed E-state index contributed by atoms with van der Waals surface area (Å²) in [6.45, 7) is 4.17. The second-order valence-electron chi connectivity index (χ2n) is 5.16. The molecule has 0 aliphatic heterocycles. The van der Waals surface area contributed by atoms with Crippen LogP contribution in [-0.2, 0) is 11.3 Å². The molecule has 0 bridgehead atoms. The number of carbonyl (C=O) groups excluding carboxylic acids is 2. The van der Waals surface area contributed by atoms with Gasteiger partial charge in [0.2, 0.25) is 5.91 Å². The van der Waals surface area contributed by atoms with E-state index in [4.69, 9.17) is 0 Å². The first-order valence-corrected chi connectivity index (χ1v) is 7.23. The molecule has 0 saturated carbocycles. The van der Waals surface area contributed by atoms with Gasteiger partial charge in [-0.2, -0.15) is 0 Å². The summed E-state index contributed by atoms with van der Waals surface area (Å²) in [6.07, 6.45) is 0. The molecule has 1 amide bonds. The van der Waals surface area contributed by atoms with E-state index in [0.29, 0.717) is 17.8 Å². The Kier molecular flexibility index (Phi) is 5.31. The number of para-hydroxylation sites is 1. The maximum Gasteiger partial charge on any atom is 0.239 e. The van der Waals surface area contributed by atoms with Crippen molar-refractivity contribution < 1.29 is 9.59 Å². The fraction of sp³-hybridized carbons (Fsp3) is 0.222. The lowest BCUT2D eigenvalue weighted by atomic mass is 10.1. The van der Waals surface area contributed by atoms with Crippen molar-refractivity contribution >= 4 is 17.4 Å². The van der Waals surface area contributed by atoms with Crippen LogP contribution < -0.4 is 10.6 Å². The van der Waals surface area contributed by atoms with Crippen LogP contribution in [-0.4, -0.2) is 18.2 Å². The van der Waals surface area contributed by atoms with Crippen LogP contribution in [0.3, 0.4) is 0 Å². The smallest absolute Gasteiger partial charge is 0.239 e. The first-order valence-electron chi connectivity index (χ1n) is 7.23. The molecule has 0 aromatic heterocycles. The number of hydrogen-bond donors (Lipinski definition) is 2. The number of aryl methyl sites for hydroxylation is 1. The fourth-order valence-electron chi connectivity index (χ4n) is 2.18. The van der Waals surface area contributed by atoms with Crippen molar-refractivity contribution in [3.05, 3.63) is 65.2 Å². The highest BCUT2D eigenvalue weighted by Gasteiger charge is 2.08. The molecule has 0 unspecified atom stereocenters. The molecular weight excluding hydrogens is 276 g/mol. The van der Waals surface area contributed by atoms with Crippen molar-refractivity contribution in [1.82, 2.24) is 5.32 Å². The third kappa shape index (κ3) is 4.19. The lowest BCUT2D eigenvalue weighted by Gasteiger charge is -2.11. The van der Waals surface area contributed by atoms with Crippen LogP contribution in [0, 0.1) is 6.92 Å². The minimum absolute atomic E-state index is 0.0246. The topological polar surface area (TPSA) is 58.2 Å². The first kappa shape index (κ1) is 15.8. The van der Waals surface area contributed by atoms with Gasteiger partial charge in [0.1, 0.15) is 0 Å². The van der Waals surface area contributed by atoms with Gasteiger partial charge < -0.3 is 10.6 Å². The van der Waals surface area contributed by atoms with E-state index in [0.717, 1.165) is 11.1 Å². The predicted octanol–water partition coefficient (Wildman–Crippen LogP) is 2.93. The molecule has 2 N–H and O–H groups in total. The second kappa shape index (κ2) is 7.41. The van der Waals surface area contributed by atoms with Crippen molar-refractivity contribution in [3.63, 3.8) is 0 Å². The summed E-state index contributed by atoms with van der Waals surface area (Å²) in [5.74, 6) is -0.134. The summed E-state index contributed by atoms with van der Waals surface area (Å²) in [5, 5.41) is 5.88. The largest absolute Gasteiger partial charge is 0.376 e. The first-order chi connectivity index (χ1) is 10.6. The van der Waals surface area contributed by atoms with E-state index in [2.05, 4.69) is 10.6 Å². The zero-order valence-corrected chi connectivity index (χ0v) is 12.8. The van der Waals surface area contributed by atoms with Crippen LogP contribution in [0.5, 0.6) is 0 Å². The Morgan fingerprint density at radius 3 is 2.41 bits per heavy atom. The highest BCUT2D eigenvalue weighted by Crippen LogP contribution is 2.15. The van der Waals surface area contributed by atoms with Gasteiger partial charge in [-0.15, -0.1) is 0 Å². The van der Waals surface area contributed by atoms with Gasteiger partial charge >= 0.3 is 0 Å². The van der Waals surface area contributed by atoms with Crippen LogP contribution in [0.1, 0.15) is 28.4 Å². The van der Waals surface area contributed by atoms with Crippen molar-refractivity contribution in [1.29, 1.82) is 0 Å². The number of Topliss-reactive ketones (excluding diaryl/α,β-unsaturated/α-hetero) is 1. The van der Waals surface area contributed by atoms with Gasteiger partial charge in [0.15, 0.2) is 5.78 Å². The second-order valence-corrected chi connectivity index (χ2v) is 5.16. The van der Waals surface area contributed by atoms with Gasteiger partial charge in [0.25, 0.3) is 0 Å². The number of rotatable bonds is 6. The van der Waals surface area contributed by atoms with E-state index >= 15 is 0 Å². The van der Waals surface area contributed by atoms with E-state index in [1.54, 1.807) is 18.2 Å². The van der Waals surface area contributed by atoms with Crippen molar-refractivity contribution in [2.45, 2.75) is 20.4 Å². The number of hydrogen-bond acceptors (Lipinski definition) is 3. The van der Waals surface area contributed by atoms with Gasteiger partial charge in [0, 0.05) is 17.8 Å². The fourth-order valence-corrected chi connectivity index (χ4v) is 2.18. The van der Waals surface area contributed by atoms with Crippen LogP contribution in [0.25, 0.3) is 0 Å². The molecular formula is C18H20N2O2. The van der Waals surface area contributed by atoms with Crippen molar-refractivity contribution in [2.24, 2.45) is 0 Å². The molecule has 4 nitrogen and oxygen atoms in total. The SMILES string of the molecule is CC(=O)c1ccccc1NCC(=O)NCc1ccccc1C. The van der Waals surface area contributed by atoms with E-state index in [9.17, 15) is 9.59 Å². The lowest BCUT2D eigenvalue weighted by molar-refractivity contribution is -0.119. The lowest BCUT2D eigenvalue weighted by Crippen LogP contribution is -2.29. The normalized spacial score (nSPS) is 10.1. The average Bonchev–Trinajstić information content (AvgIpc) is 2.52. The Morgan fingerprint density at radius 2 is 1.68 bits per heavy atom.